The highest BCUT2D eigenvalue weighted by Crippen LogP contribution is 2.05. The van der Waals surface area contributed by atoms with Gasteiger partial charge in [-0.1, -0.05) is 30.3 Å². The molecule has 1 aromatic heterocycles. The second-order valence-corrected chi connectivity index (χ2v) is 3.77. The minimum Gasteiger partial charge on any atom is -0.241 e. The highest BCUT2D eigenvalue weighted by molar-refractivity contribution is 7.80. The van der Waals surface area contributed by atoms with Crippen LogP contribution >= 0.6 is 12.6 Å². The molecule has 0 radical (unpaired) electrons. The number of thiol groups is 1. The van der Waals surface area contributed by atoms with E-state index in [9.17, 15) is 0 Å². The van der Waals surface area contributed by atoms with Crippen LogP contribution in [0.15, 0.2) is 41.8 Å². The van der Waals surface area contributed by atoms with Crippen LogP contribution in [0.4, 0.5) is 0 Å². The van der Waals surface area contributed by atoms with E-state index in [1.807, 2.05) is 10.7 Å². The van der Waals surface area contributed by atoms with Gasteiger partial charge in [-0.3, -0.25) is 0 Å². The third-order valence-electron chi connectivity index (χ3n) is 2.27. The van der Waals surface area contributed by atoms with E-state index in [0.717, 1.165) is 19.4 Å². The maximum absolute atomic E-state index is 4.20. The van der Waals surface area contributed by atoms with Crippen LogP contribution in [0, 0.1) is 0 Å². The average molecular weight is 219 g/mol. The van der Waals surface area contributed by atoms with Gasteiger partial charge < -0.3 is 0 Å². The summed E-state index contributed by atoms with van der Waals surface area (Å²) in [5.41, 5.74) is 1.36. The largest absolute Gasteiger partial charge is 0.241 e. The molecule has 0 saturated heterocycles. The van der Waals surface area contributed by atoms with Crippen molar-refractivity contribution in [3.05, 3.63) is 42.2 Å². The molecule has 2 rings (SSSR count). The molecule has 0 bridgehead atoms. The van der Waals surface area contributed by atoms with Crippen LogP contribution in [0.5, 0.6) is 0 Å². The monoisotopic (exact) mass is 219 g/mol. The van der Waals surface area contributed by atoms with Crippen molar-refractivity contribution in [2.75, 3.05) is 0 Å². The van der Waals surface area contributed by atoms with Crippen molar-refractivity contribution in [1.82, 2.24) is 14.8 Å². The predicted molar refractivity (Wildman–Crippen MR) is 62.0 cm³/mol. The SMILES string of the molecule is Sc1ncnn1CCCc1ccccc1. The Morgan fingerprint density at radius 2 is 2.00 bits per heavy atom. The van der Waals surface area contributed by atoms with Crippen molar-refractivity contribution in [3.63, 3.8) is 0 Å². The van der Waals surface area contributed by atoms with Crippen LogP contribution in [-0.4, -0.2) is 14.8 Å². The third kappa shape index (κ3) is 2.83. The van der Waals surface area contributed by atoms with Crippen LogP contribution in [-0.2, 0) is 13.0 Å². The van der Waals surface area contributed by atoms with Crippen LogP contribution in [0.3, 0.4) is 0 Å². The highest BCUT2D eigenvalue weighted by atomic mass is 32.1. The van der Waals surface area contributed by atoms with E-state index in [1.54, 1.807) is 0 Å². The first-order valence-corrected chi connectivity index (χ1v) is 5.41. The summed E-state index contributed by atoms with van der Waals surface area (Å²) in [6.45, 7) is 0.869. The molecule has 3 nitrogen and oxygen atoms in total. The average Bonchev–Trinajstić information content (AvgIpc) is 2.66. The quantitative estimate of drug-likeness (QED) is 0.799. The molecule has 0 fully saturated rings. The van der Waals surface area contributed by atoms with E-state index >= 15 is 0 Å². The van der Waals surface area contributed by atoms with Crippen molar-refractivity contribution in [3.8, 4) is 0 Å². The fourth-order valence-corrected chi connectivity index (χ4v) is 1.70. The van der Waals surface area contributed by atoms with Gasteiger partial charge in [0, 0.05) is 6.54 Å². The summed E-state index contributed by atoms with van der Waals surface area (Å²) in [7, 11) is 0. The molecule has 0 aliphatic carbocycles. The lowest BCUT2D eigenvalue weighted by atomic mass is 10.1. The third-order valence-corrected chi connectivity index (χ3v) is 2.62. The molecular weight excluding hydrogens is 206 g/mol. The Labute approximate surface area is 94.6 Å². The van der Waals surface area contributed by atoms with E-state index < -0.39 is 0 Å². The summed E-state index contributed by atoms with van der Waals surface area (Å²) >= 11 is 4.20. The molecule has 0 N–H and O–H groups in total. The van der Waals surface area contributed by atoms with Gasteiger partial charge in [0.25, 0.3) is 0 Å². The Kier molecular flexibility index (Phi) is 3.40. The number of nitrogens with zero attached hydrogens (tertiary/aromatic N) is 3. The minimum atomic E-state index is 0.683. The van der Waals surface area contributed by atoms with E-state index in [0.29, 0.717) is 5.16 Å². The van der Waals surface area contributed by atoms with Crippen LogP contribution in [0.25, 0.3) is 0 Å². The summed E-state index contributed by atoms with van der Waals surface area (Å²) in [4.78, 5) is 3.96. The van der Waals surface area contributed by atoms with Gasteiger partial charge in [0.05, 0.1) is 0 Å². The zero-order valence-corrected chi connectivity index (χ0v) is 9.27. The van der Waals surface area contributed by atoms with Gasteiger partial charge in [-0.05, 0) is 18.4 Å². The Morgan fingerprint density at radius 3 is 2.67 bits per heavy atom. The first-order valence-electron chi connectivity index (χ1n) is 4.97. The number of aromatic nitrogens is 3. The van der Waals surface area contributed by atoms with Gasteiger partial charge in [-0.25, -0.2) is 9.67 Å². The van der Waals surface area contributed by atoms with E-state index in [1.165, 1.54) is 11.9 Å². The van der Waals surface area contributed by atoms with Gasteiger partial charge >= 0.3 is 0 Å². The fourth-order valence-electron chi connectivity index (χ4n) is 1.49. The molecule has 0 aliphatic rings. The Morgan fingerprint density at radius 1 is 1.20 bits per heavy atom. The van der Waals surface area contributed by atoms with E-state index in [2.05, 4.69) is 47.0 Å². The Bertz CT molecular complexity index is 411. The molecule has 0 aliphatic heterocycles. The molecule has 0 unspecified atom stereocenters. The molecule has 15 heavy (non-hydrogen) atoms. The summed E-state index contributed by atoms with van der Waals surface area (Å²) in [5.74, 6) is 0. The normalized spacial score (nSPS) is 10.5. The van der Waals surface area contributed by atoms with Crippen LogP contribution in [0.1, 0.15) is 12.0 Å². The molecule has 0 spiro atoms. The first-order chi connectivity index (χ1) is 7.36. The molecule has 78 valence electrons. The number of hydrogen-bond acceptors (Lipinski definition) is 3. The number of benzene rings is 1. The number of hydrogen-bond donors (Lipinski definition) is 1. The minimum absolute atomic E-state index is 0.683. The number of aryl methyl sites for hydroxylation is 2. The van der Waals surface area contributed by atoms with Crippen molar-refractivity contribution in [2.24, 2.45) is 0 Å². The lowest BCUT2D eigenvalue weighted by Crippen LogP contribution is -2.02. The Balaban J connectivity index is 1.83. The first kappa shape index (κ1) is 10.2. The highest BCUT2D eigenvalue weighted by Gasteiger charge is 1.98. The smallest absolute Gasteiger partial charge is 0.182 e. The zero-order valence-electron chi connectivity index (χ0n) is 8.37. The molecule has 2 aromatic rings. The number of rotatable bonds is 4. The maximum Gasteiger partial charge on any atom is 0.182 e. The summed E-state index contributed by atoms with van der Waals surface area (Å²) in [5, 5.41) is 4.76. The topological polar surface area (TPSA) is 30.7 Å². The van der Waals surface area contributed by atoms with E-state index in [4.69, 9.17) is 0 Å². The maximum atomic E-state index is 4.20. The summed E-state index contributed by atoms with van der Waals surface area (Å²) in [6, 6.07) is 10.4. The standard InChI is InChI=1S/C11H13N3S/c15-11-12-9-13-14(11)8-4-7-10-5-2-1-3-6-10/h1-3,5-6,9H,4,7-8H2,(H,12,13,15). The molecule has 4 heteroatoms. The Hall–Kier alpha value is -1.29. The van der Waals surface area contributed by atoms with Gasteiger partial charge in [-0.15, -0.1) is 12.6 Å². The van der Waals surface area contributed by atoms with Gasteiger partial charge in [-0.2, -0.15) is 5.10 Å². The molecule has 0 saturated carbocycles. The zero-order chi connectivity index (χ0) is 10.5. The molecule has 0 amide bonds. The molecule has 1 aromatic carbocycles. The lowest BCUT2D eigenvalue weighted by Gasteiger charge is -2.02. The van der Waals surface area contributed by atoms with Gasteiger partial charge in [0.15, 0.2) is 5.16 Å². The summed E-state index contributed by atoms with van der Waals surface area (Å²) < 4.78 is 1.81. The lowest BCUT2D eigenvalue weighted by molar-refractivity contribution is 0.534. The van der Waals surface area contributed by atoms with Crippen molar-refractivity contribution in [1.29, 1.82) is 0 Å². The second kappa shape index (κ2) is 4.98. The van der Waals surface area contributed by atoms with Crippen molar-refractivity contribution in [2.45, 2.75) is 24.5 Å². The molecule has 1 heterocycles. The molecule has 0 atom stereocenters. The molecular formula is C11H13N3S. The fraction of sp³-hybridized carbons (Fsp3) is 0.273. The van der Waals surface area contributed by atoms with Crippen molar-refractivity contribution >= 4 is 12.6 Å². The summed E-state index contributed by atoms with van der Waals surface area (Å²) in [6.07, 6.45) is 3.65. The van der Waals surface area contributed by atoms with Crippen LogP contribution < -0.4 is 0 Å². The van der Waals surface area contributed by atoms with Crippen molar-refractivity contribution < 1.29 is 0 Å². The van der Waals surface area contributed by atoms with Crippen LogP contribution in [0.2, 0.25) is 0 Å². The second-order valence-electron chi connectivity index (χ2n) is 3.37. The van der Waals surface area contributed by atoms with Gasteiger partial charge in [0.2, 0.25) is 0 Å². The van der Waals surface area contributed by atoms with E-state index in [-0.39, 0.29) is 0 Å². The predicted octanol–water partition coefficient (Wildman–Crippen LogP) is 2.20. The van der Waals surface area contributed by atoms with Gasteiger partial charge in [0.1, 0.15) is 6.33 Å².